The Morgan fingerprint density at radius 1 is 1.32 bits per heavy atom. The quantitative estimate of drug-likeness (QED) is 0.451. The lowest BCUT2D eigenvalue weighted by molar-refractivity contribution is 0.0699. The number of nitrogens with zero attached hydrogens (tertiary/aromatic N) is 1. The molecule has 0 aliphatic heterocycles. The number of aromatic carboxylic acids is 1. The van der Waals surface area contributed by atoms with Crippen molar-refractivity contribution in [1.29, 1.82) is 0 Å². The number of aromatic nitrogens is 1. The number of carbonyl (C=O) groups is 2. The third kappa shape index (κ3) is 3.94. The minimum absolute atomic E-state index is 0.0266. The highest BCUT2D eigenvalue weighted by Gasteiger charge is 2.24. The Bertz CT molecular complexity index is 1100. The molecule has 3 rings (SSSR count). The molecule has 6 nitrogen and oxygen atoms in total. The molecule has 0 unspecified atom stereocenters. The van der Waals surface area contributed by atoms with Crippen molar-refractivity contribution < 1.29 is 19.1 Å². The predicted octanol–water partition coefficient (Wildman–Crippen LogP) is 6.02. The maximum absolute atomic E-state index is 12.5. The van der Waals surface area contributed by atoms with Crippen molar-refractivity contribution in [3.05, 3.63) is 70.7 Å². The number of hydrogen-bond donors (Lipinski definition) is 2. The van der Waals surface area contributed by atoms with Crippen LogP contribution >= 0.6 is 38.9 Å². The first kappa shape index (κ1) is 20.1. The summed E-state index contributed by atoms with van der Waals surface area (Å²) >= 11 is 10.3. The van der Waals surface area contributed by atoms with Gasteiger partial charge < -0.3 is 14.8 Å². The van der Waals surface area contributed by atoms with Gasteiger partial charge in [0.1, 0.15) is 11.3 Å². The van der Waals surface area contributed by atoms with E-state index in [1.807, 2.05) is 0 Å². The van der Waals surface area contributed by atoms with E-state index in [0.29, 0.717) is 25.6 Å². The molecule has 142 valence electrons. The molecule has 0 fully saturated rings. The van der Waals surface area contributed by atoms with Crippen LogP contribution in [-0.4, -0.2) is 22.0 Å². The number of benzene rings is 1. The van der Waals surface area contributed by atoms with E-state index in [2.05, 4.69) is 39.4 Å². The van der Waals surface area contributed by atoms with Gasteiger partial charge in [-0.05, 0) is 39.7 Å². The largest absolute Gasteiger partial charge is 0.478 e. The topological polar surface area (TPSA) is 92.4 Å². The van der Waals surface area contributed by atoms with Crippen LogP contribution in [0.15, 0.2) is 47.2 Å². The second kappa shape index (κ2) is 8.14. The molecular weight excluding hydrogens is 468 g/mol. The van der Waals surface area contributed by atoms with Crippen molar-refractivity contribution >= 4 is 67.0 Å². The normalized spacial score (nSPS) is 10.5. The number of amides is 1. The first-order valence-corrected chi connectivity index (χ1v) is 9.77. The Hall–Kier alpha value is -2.68. The SMILES string of the molecule is C=Cc1nc(C(=O)Nc2csc(-c3ccc(Cl)cc3)c2C(=O)O)oc1C(=C)Br. The lowest BCUT2D eigenvalue weighted by atomic mass is 10.1. The molecule has 0 bridgehead atoms. The first-order valence-electron chi connectivity index (χ1n) is 7.72. The summed E-state index contributed by atoms with van der Waals surface area (Å²) < 4.78 is 5.81. The fraction of sp³-hybridized carbons (Fsp3) is 0. The van der Waals surface area contributed by atoms with E-state index >= 15 is 0 Å². The zero-order chi connectivity index (χ0) is 20.4. The van der Waals surface area contributed by atoms with Gasteiger partial charge in [0.2, 0.25) is 0 Å². The van der Waals surface area contributed by atoms with Crippen molar-refractivity contribution in [2.24, 2.45) is 0 Å². The maximum atomic E-state index is 12.5. The third-order valence-corrected chi connectivity index (χ3v) is 5.29. The second-order valence-electron chi connectivity index (χ2n) is 5.46. The average Bonchev–Trinajstić information content (AvgIpc) is 3.26. The van der Waals surface area contributed by atoms with Crippen molar-refractivity contribution in [1.82, 2.24) is 4.98 Å². The number of halogens is 2. The minimum atomic E-state index is -1.17. The summed E-state index contributed by atoms with van der Waals surface area (Å²) in [6.07, 6.45) is 1.42. The summed E-state index contributed by atoms with van der Waals surface area (Å²) in [5.74, 6) is -1.83. The maximum Gasteiger partial charge on any atom is 0.339 e. The number of hydrogen-bond acceptors (Lipinski definition) is 5. The average molecular weight is 480 g/mol. The number of oxazole rings is 1. The van der Waals surface area contributed by atoms with Crippen LogP contribution in [0.3, 0.4) is 0 Å². The van der Waals surface area contributed by atoms with Crippen LogP contribution in [0.25, 0.3) is 21.0 Å². The van der Waals surface area contributed by atoms with E-state index in [9.17, 15) is 14.7 Å². The summed E-state index contributed by atoms with van der Waals surface area (Å²) in [5.41, 5.74) is 1.14. The Morgan fingerprint density at radius 3 is 2.54 bits per heavy atom. The molecule has 1 amide bonds. The number of rotatable bonds is 6. The van der Waals surface area contributed by atoms with Gasteiger partial charge in [0.25, 0.3) is 5.89 Å². The van der Waals surface area contributed by atoms with Crippen molar-refractivity contribution in [2.45, 2.75) is 0 Å². The number of carboxylic acid groups (broad SMARTS) is 1. The molecule has 9 heteroatoms. The van der Waals surface area contributed by atoms with Gasteiger partial charge in [-0.3, -0.25) is 4.79 Å². The zero-order valence-electron chi connectivity index (χ0n) is 14.2. The molecular formula is C19H12BrClN2O4S. The zero-order valence-corrected chi connectivity index (χ0v) is 17.3. The van der Waals surface area contributed by atoms with Gasteiger partial charge in [-0.25, -0.2) is 9.78 Å². The molecule has 2 aromatic heterocycles. The molecule has 28 heavy (non-hydrogen) atoms. The highest BCUT2D eigenvalue weighted by molar-refractivity contribution is 9.15. The Labute approximate surface area is 177 Å². The summed E-state index contributed by atoms with van der Waals surface area (Å²) in [7, 11) is 0. The molecule has 0 radical (unpaired) electrons. The van der Waals surface area contributed by atoms with Gasteiger partial charge in [0.15, 0.2) is 5.76 Å². The molecule has 2 N–H and O–H groups in total. The predicted molar refractivity (Wildman–Crippen MR) is 114 cm³/mol. The first-order chi connectivity index (χ1) is 13.3. The fourth-order valence-electron chi connectivity index (χ4n) is 2.41. The van der Waals surface area contributed by atoms with Gasteiger partial charge in [-0.2, -0.15) is 0 Å². The number of carboxylic acids is 1. The van der Waals surface area contributed by atoms with Crippen LogP contribution in [0.1, 0.15) is 32.5 Å². The summed E-state index contributed by atoms with van der Waals surface area (Å²) in [6, 6.07) is 6.76. The van der Waals surface area contributed by atoms with E-state index in [0.717, 1.165) is 0 Å². The summed E-state index contributed by atoms with van der Waals surface area (Å²) in [4.78, 5) is 28.9. The van der Waals surface area contributed by atoms with E-state index in [-0.39, 0.29) is 22.9 Å². The molecule has 2 heterocycles. The monoisotopic (exact) mass is 478 g/mol. The fourth-order valence-corrected chi connectivity index (χ4v) is 3.82. The molecule has 0 saturated heterocycles. The van der Waals surface area contributed by atoms with E-state index in [1.165, 1.54) is 17.4 Å². The Balaban J connectivity index is 1.95. The lowest BCUT2D eigenvalue weighted by Gasteiger charge is -2.04. The van der Waals surface area contributed by atoms with Crippen molar-refractivity contribution in [3.8, 4) is 10.4 Å². The van der Waals surface area contributed by atoms with Crippen LogP contribution in [0.5, 0.6) is 0 Å². The van der Waals surface area contributed by atoms with Gasteiger partial charge in [0, 0.05) is 10.4 Å². The van der Waals surface area contributed by atoms with E-state index in [4.69, 9.17) is 16.0 Å². The molecule has 3 aromatic rings. The van der Waals surface area contributed by atoms with Gasteiger partial charge in [-0.15, -0.1) is 11.3 Å². The van der Waals surface area contributed by atoms with Crippen LogP contribution in [-0.2, 0) is 0 Å². The minimum Gasteiger partial charge on any atom is -0.478 e. The Kier molecular flexibility index (Phi) is 5.83. The van der Waals surface area contributed by atoms with Crippen molar-refractivity contribution in [3.63, 3.8) is 0 Å². The van der Waals surface area contributed by atoms with E-state index in [1.54, 1.807) is 29.6 Å². The Morgan fingerprint density at radius 2 is 2.00 bits per heavy atom. The van der Waals surface area contributed by atoms with Crippen LogP contribution in [0.2, 0.25) is 5.02 Å². The summed E-state index contributed by atoms with van der Waals surface area (Å²) in [5, 5.41) is 14.3. The molecule has 0 saturated carbocycles. The second-order valence-corrected chi connectivity index (χ2v) is 7.74. The highest BCUT2D eigenvalue weighted by Crippen LogP contribution is 2.37. The number of thiophene rings is 1. The molecule has 0 spiro atoms. The standard InChI is InChI=1S/C19H12BrClN2O4S/c1-3-12-15(9(2)20)27-18(23-12)17(24)22-13-8-28-16(14(13)19(25)26)10-4-6-11(21)7-5-10/h3-8H,1-2H2,(H,22,24)(H,25,26). The lowest BCUT2D eigenvalue weighted by Crippen LogP contribution is -2.14. The van der Waals surface area contributed by atoms with Crippen molar-refractivity contribution in [2.75, 3.05) is 5.32 Å². The molecule has 0 atom stereocenters. The number of nitrogens with one attached hydrogen (secondary N) is 1. The van der Waals surface area contributed by atoms with E-state index < -0.39 is 11.9 Å². The smallest absolute Gasteiger partial charge is 0.339 e. The highest BCUT2D eigenvalue weighted by atomic mass is 79.9. The molecule has 1 aromatic carbocycles. The van der Waals surface area contributed by atoms with Crippen LogP contribution in [0, 0.1) is 0 Å². The van der Waals surface area contributed by atoms with Gasteiger partial charge >= 0.3 is 11.9 Å². The number of carbonyl (C=O) groups excluding carboxylic acids is 1. The number of anilines is 1. The van der Waals surface area contributed by atoms with Gasteiger partial charge in [0.05, 0.1) is 15.0 Å². The summed E-state index contributed by atoms with van der Waals surface area (Å²) in [6.45, 7) is 7.30. The third-order valence-electron chi connectivity index (χ3n) is 3.65. The van der Waals surface area contributed by atoms with Crippen LogP contribution < -0.4 is 5.32 Å². The van der Waals surface area contributed by atoms with Crippen LogP contribution in [0.4, 0.5) is 5.69 Å². The molecule has 0 aliphatic rings. The van der Waals surface area contributed by atoms with Gasteiger partial charge in [-0.1, -0.05) is 36.9 Å². The molecule has 0 aliphatic carbocycles.